The maximum absolute atomic E-state index is 13.9. The Bertz CT molecular complexity index is 1300. The maximum atomic E-state index is 13.9. The Morgan fingerprint density at radius 3 is 2.53 bits per heavy atom. The summed E-state index contributed by atoms with van der Waals surface area (Å²) in [5, 5.41) is 7.48. The molecule has 0 saturated carbocycles. The molecule has 3 aromatic rings. The monoisotopic (exact) mass is 476 g/mol. The minimum atomic E-state index is -0.354. The number of ether oxygens (including phenoxy) is 1. The average molecular weight is 477 g/mol. The van der Waals surface area contributed by atoms with Crippen molar-refractivity contribution in [3.8, 4) is 5.75 Å². The fourth-order valence-corrected chi connectivity index (χ4v) is 4.97. The van der Waals surface area contributed by atoms with Gasteiger partial charge in [-0.25, -0.2) is 4.39 Å². The van der Waals surface area contributed by atoms with E-state index in [2.05, 4.69) is 24.5 Å². The highest BCUT2D eigenvalue weighted by atomic mass is 35.5. The number of ketones is 1. The van der Waals surface area contributed by atoms with Crippen LogP contribution in [-0.4, -0.2) is 5.78 Å². The Balaban J connectivity index is 1.49. The molecule has 0 fully saturated rings. The van der Waals surface area contributed by atoms with Gasteiger partial charge in [0.15, 0.2) is 5.78 Å². The van der Waals surface area contributed by atoms with Crippen molar-refractivity contribution in [2.75, 3.05) is 10.6 Å². The highest BCUT2D eigenvalue weighted by molar-refractivity contribution is 6.32. The third-order valence-electron chi connectivity index (χ3n) is 6.35. The summed E-state index contributed by atoms with van der Waals surface area (Å²) in [6.07, 6.45) is 1.26. The third kappa shape index (κ3) is 4.40. The molecule has 1 atom stereocenters. The van der Waals surface area contributed by atoms with E-state index >= 15 is 0 Å². The van der Waals surface area contributed by atoms with Crippen molar-refractivity contribution in [3.05, 3.63) is 100.0 Å². The zero-order chi connectivity index (χ0) is 23.9. The Morgan fingerprint density at radius 1 is 1.03 bits per heavy atom. The summed E-state index contributed by atoms with van der Waals surface area (Å²) < 4.78 is 19.7. The van der Waals surface area contributed by atoms with E-state index in [1.165, 1.54) is 6.07 Å². The molecule has 0 amide bonds. The first kappa shape index (κ1) is 22.5. The molecule has 34 heavy (non-hydrogen) atoms. The Hall–Kier alpha value is -3.31. The number of hydrogen-bond donors (Lipinski definition) is 2. The van der Waals surface area contributed by atoms with Gasteiger partial charge in [-0.1, -0.05) is 61.8 Å². The summed E-state index contributed by atoms with van der Waals surface area (Å²) in [7, 11) is 0. The van der Waals surface area contributed by atoms with Gasteiger partial charge in [-0.2, -0.15) is 0 Å². The average Bonchev–Trinajstić information content (AvgIpc) is 2.95. The van der Waals surface area contributed by atoms with Gasteiger partial charge < -0.3 is 15.4 Å². The molecule has 0 saturated heterocycles. The molecule has 3 aromatic carbocycles. The minimum Gasteiger partial charge on any atom is -0.487 e. The van der Waals surface area contributed by atoms with E-state index in [9.17, 15) is 9.18 Å². The smallest absolute Gasteiger partial charge is 0.163 e. The second-order valence-corrected chi connectivity index (χ2v) is 10.1. The molecule has 6 heteroatoms. The Morgan fingerprint density at radius 2 is 1.76 bits per heavy atom. The predicted molar refractivity (Wildman–Crippen MR) is 134 cm³/mol. The second-order valence-electron chi connectivity index (χ2n) is 9.65. The molecule has 2 aliphatic rings. The number of Topliss-reactive ketones (excluding diaryl/α,β-unsaturated/α-hetero) is 1. The predicted octanol–water partition coefficient (Wildman–Crippen LogP) is 7.28. The third-order valence-corrected chi connectivity index (χ3v) is 6.65. The zero-order valence-corrected chi connectivity index (χ0v) is 19.9. The van der Waals surface area contributed by atoms with Gasteiger partial charge in [0.25, 0.3) is 0 Å². The largest absolute Gasteiger partial charge is 0.487 e. The van der Waals surface area contributed by atoms with Crippen molar-refractivity contribution in [1.29, 1.82) is 0 Å². The van der Waals surface area contributed by atoms with Gasteiger partial charge in [-0.3, -0.25) is 4.79 Å². The van der Waals surface area contributed by atoms with Crippen LogP contribution in [0.5, 0.6) is 5.75 Å². The number of halogens is 2. The van der Waals surface area contributed by atoms with E-state index in [1.807, 2.05) is 36.4 Å². The highest BCUT2D eigenvalue weighted by Gasteiger charge is 2.38. The van der Waals surface area contributed by atoms with Gasteiger partial charge in [0.05, 0.1) is 22.4 Å². The van der Waals surface area contributed by atoms with Crippen molar-refractivity contribution in [2.45, 2.75) is 39.3 Å². The SMILES string of the molecule is CC1(C)CC(=O)C2=C(C1)Nc1ccccc1N[C@H]2c1ccc(OCc2ccccc2F)c(Cl)c1. The summed E-state index contributed by atoms with van der Waals surface area (Å²) in [6.45, 7) is 4.32. The lowest BCUT2D eigenvalue weighted by molar-refractivity contribution is -0.118. The number of hydrogen-bond acceptors (Lipinski definition) is 4. The lowest BCUT2D eigenvalue weighted by atomic mass is 9.73. The van der Waals surface area contributed by atoms with Gasteiger partial charge >= 0.3 is 0 Å². The highest BCUT2D eigenvalue weighted by Crippen LogP contribution is 2.46. The van der Waals surface area contributed by atoms with E-state index in [0.29, 0.717) is 22.8 Å². The van der Waals surface area contributed by atoms with E-state index in [0.717, 1.165) is 34.6 Å². The molecule has 2 N–H and O–H groups in total. The number of fused-ring (bicyclic) bond motifs is 1. The van der Waals surface area contributed by atoms with Crippen molar-refractivity contribution in [1.82, 2.24) is 0 Å². The van der Waals surface area contributed by atoms with Crippen LogP contribution in [0.25, 0.3) is 0 Å². The van der Waals surface area contributed by atoms with Gasteiger partial charge in [-0.15, -0.1) is 0 Å². The molecule has 0 unspecified atom stereocenters. The van der Waals surface area contributed by atoms with Gasteiger partial charge in [-0.05, 0) is 47.7 Å². The molecule has 0 aromatic heterocycles. The molecule has 0 radical (unpaired) electrons. The van der Waals surface area contributed by atoms with Crippen LogP contribution in [-0.2, 0) is 11.4 Å². The zero-order valence-electron chi connectivity index (χ0n) is 19.1. The number of anilines is 2. The lowest BCUT2D eigenvalue weighted by Crippen LogP contribution is -2.31. The fraction of sp³-hybridized carbons (Fsp3) is 0.250. The van der Waals surface area contributed by atoms with Crippen LogP contribution in [0.1, 0.15) is 43.9 Å². The number of rotatable bonds is 4. The molecule has 1 heterocycles. The van der Waals surface area contributed by atoms with Crippen LogP contribution >= 0.6 is 11.6 Å². The van der Waals surface area contributed by atoms with E-state index in [-0.39, 0.29) is 29.7 Å². The van der Waals surface area contributed by atoms with Crippen LogP contribution in [0.2, 0.25) is 5.02 Å². The van der Waals surface area contributed by atoms with Crippen molar-refractivity contribution in [3.63, 3.8) is 0 Å². The number of nitrogens with one attached hydrogen (secondary N) is 2. The molecular weight excluding hydrogens is 451 g/mol. The molecule has 174 valence electrons. The van der Waals surface area contributed by atoms with Crippen LogP contribution in [0.3, 0.4) is 0 Å². The van der Waals surface area contributed by atoms with E-state index in [4.69, 9.17) is 16.3 Å². The van der Waals surface area contributed by atoms with Crippen molar-refractivity contribution < 1.29 is 13.9 Å². The second kappa shape index (κ2) is 8.80. The molecule has 5 rings (SSSR count). The normalized spacial score (nSPS) is 18.8. The van der Waals surface area contributed by atoms with Crippen LogP contribution in [0.15, 0.2) is 78.0 Å². The maximum Gasteiger partial charge on any atom is 0.163 e. The first-order chi connectivity index (χ1) is 16.3. The van der Waals surface area contributed by atoms with Crippen LogP contribution in [0, 0.1) is 11.2 Å². The number of allylic oxidation sites excluding steroid dienone is 1. The van der Waals surface area contributed by atoms with Crippen LogP contribution in [0.4, 0.5) is 15.8 Å². The summed E-state index contributed by atoms with van der Waals surface area (Å²) >= 11 is 6.59. The molecule has 0 bridgehead atoms. The van der Waals surface area contributed by atoms with Gasteiger partial charge in [0, 0.05) is 23.3 Å². The molecular formula is C28H26ClFN2O2. The fourth-order valence-electron chi connectivity index (χ4n) is 4.72. The van der Waals surface area contributed by atoms with Crippen LogP contribution < -0.4 is 15.4 Å². The molecule has 1 aliphatic carbocycles. The first-order valence-electron chi connectivity index (χ1n) is 11.4. The number of carbonyl (C=O) groups is 1. The quantitative estimate of drug-likeness (QED) is 0.415. The lowest BCUT2D eigenvalue weighted by Gasteiger charge is -2.34. The Labute approximate surface area is 203 Å². The van der Waals surface area contributed by atoms with Gasteiger partial charge in [0.1, 0.15) is 18.2 Å². The van der Waals surface area contributed by atoms with Gasteiger partial charge in [0.2, 0.25) is 0 Å². The Kier molecular flexibility index (Phi) is 5.82. The molecule has 4 nitrogen and oxygen atoms in total. The summed E-state index contributed by atoms with van der Waals surface area (Å²) in [4.78, 5) is 13.3. The standard InChI is InChI=1S/C28H26ClFN2O2/c1-28(2)14-23-26(24(33)15-28)27(32-22-10-6-5-9-21(22)31-23)17-11-12-25(19(29)13-17)34-16-18-7-3-4-8-20(18)30/h3-13,27,31-32H,14-16H2,1-2H3/t27-/m0/s1. The first-order valence-corrected chi connectivity index (χ1v) is 11.7. The van der Waals surface area contributed by atoms with Crippen molar-refractivity contribution in [2.24, 2.45) is 5.41 Å². The number of para-hydroxylation sites is 2. The summed E-state index contributed by atoms with van der Waals surface area (Å²) in [6, 6.07) is 19.6. The van der Waals surface area contributed by atoms with Crippen molar-refractivity contribution >= 4 is 28.8 Å². The van der Waals surface area contributed by atoms with E-state index in [1.54, 1.807) is 24.3 Å². The molecule has 1 aliphatic heterocycles. The summed E-state index contributed by atoms with van der Waals surface area (Å²) in [5.74, 6) is 0.272. The topological polar surface area (TPSA) is 50.4 Å². The van der Waals surface area contributed by atoms with E-state index < -0.39 is 0 Å². The minimum absolute atomic E-state index is 0.0770. The number of benzene rings is 3. The summed E-state index contributed by atoms with van der Waals surface area (Å²) in [5.41, 5.74) is 4.76. The number of carbonyl (C=O) groups excluding carboxylic acids is 1. The molecule has 0 spiro atoms.